The van der Waals surface area contributed by atoms with E-state index in [-0.39, 0.29) is 10.8 Å². The van der Waals surface area contributed by atoms with Gasteiger partial charge in [0.1, 0.15) is 11.5 Å². The third-order valence-corrected chi connectivity index (χ3v) is 7.00. The van der Waals surface area contributed by atoms with Gasteiger partial charge in [0.25, 0.3) is 0 Å². The van der Waals surface area contributed by atoms with E-state index in [9.17, 15) is 16.8 Å². The number of nitrogens with one attached hydrogen (secondary N) is 1. The van der Waals surface area contributed by atoms with Gasteiger partial charge < -0.3 is 9.88 Å². The lowest BCUT2D eigenvalue weighted by atomic mass is 10.2. The van der Waals surface area contributed by atoms with Crippen LogP contribution >= 0.6 is 0 Å². The minimum absolute atomic E-state index is 0.0314. The maximum absolute atomic E-state index is 12.0. The molecule has 33 heavy (non-hydrogen) atoms. The Morgan fingerprint density at radius 3 is 2.61 bits per heavy atom. The molecule has 4 rings (SSSR count). The first kappa shape index (κ1) is 22.6. The monoisotopic (exact) mass is 487 g/mol. The van der Waals surface area contributed by atoms with Crippen LogP contribution in [0, 0.1) is 0 Å². The molecule has 0 amide bonds. The number of nitrogens with two attached hydrogens (primary N) is 1. The minimum atomic E-state index is -3.84. The molecule has 0 radical (unpaired) electrons. The summed E-state index contributed by atoms with van der Waals surface area (Å²) in [5, 5.41) is 8.96. The summed E-state index contributed by atoms with van der Waals surface area (Å²) < 4.78 is 50.2. The van der Waals surface area contributed by atoms with Crippen LogP contribution in [0.15, 0.2) is 66.0 Å². The molecule has 3 N–H and O–H groups in total. The van der Waals surface area contributed by atoms with Crippen molar-refractivity contribution >= 4 is 48.5 Å². The Morgan fingerprint density at radius 1 is 1.09 bits per heavy atom. The second kappa shape index (κ2) is 8.42. The summed E-state index contributed by atoms with van der Waals surface area (Å²) >= 11 is 0. The molecule has 0 saturated heterocycles. The van der Waals surface area contributed by atoms with E-state index < -0.39 is 20.0 Å². The average molecular weight is 488 g/mol. The summed E-state index contributed by atoms with van der Waals surface area (Å²) in [6.07, 6.45) is 6.11. The van der Waals surface area contributed by atoms with E-state index >= 15 is 0 Å². The number of primary sulfonamides is 1. The molecule has 11 nitrogen and oxygen atoms in total. The molecule has 0 aliphatic rings. The highest BCUT2D eigenvalue weighted by Gasteiger charge is 2.18. The average Bonchev–Trinajstić information content (AvgIpc) is 3.15. The van der Waals surface area contributed by atoms with Crippen molar-refractivity contribution in [2.75, 3.05) is 22.9 Å². The van der Waals surface area contributed by atoms with E-state index in [2.05, 4.69) is 20.3 Å². The van der Waals surface area contributed by atoms with Gasteiger partial charge in [0, 0.05) is 42.3 Å². The van der Waals surface area contributed by atoms with Crippen LogP contribution in [-0.4, -0.2) is 49.7 Å². The number of pyridine rings is 1. The fourth-order valence-corrected chi connectivity index (χ4v) is 4.25. The predicted molar refractivity (Wildman–Crippen MR) is 125 cm³/mol. The molecule has 0 atom stereocenters. The normalized spacial score (nSPS) is 12.1. The largest absolute Gasteiger partial charge is 0.328 e. The summed E-state index contributed by atoms with van der Waals surface area (Å²) in [5.74, 6) is 0.586. The van der Waals surface area contributed by atoms with Gasteiger partial charge in [-0.2, -0.15) is 4.98 Å². The molecule has 0 fully saturated rings. The van der Waals surface area contributed by atoms with Crippen LogP contribution < -0.4 is 14.8 Å². The zero-order chi connectivity index (χ0) is 23.8. The van der Waals surface area contributed by atoms with Crippen LogP contribution in [0.5, 0.6) is 0 Å². The number of sulfonamides is 2. The SMILES string of the molecule is CN(c1ncccc1Cn1ccc2cnc(Nc3cccc(S(N)(=O)=O)c3)nc21)S(C)(=O)=O. The van der Waals surface area contributed by atoms with Gasteiger partial charge in [0.2, 0.25) is 26.0 Å². The molecule has 3 aromatic heterocycles. The van der Waals surface area contributed by atoms with Gasteiger partial charge in [0.15, 0.2) is 0 Å². The number of nitrogens with zero attached hydrogens (tertiary/aromatic N) is 5. The van der Waals surface area contributed by atoms with E-state index in [0.717, 1.165) is 15.9 Å². The Kier molecular flexibility index (Phi) is 5.78. The molecule has 0 saturated carbocycles. The van der Waals surface area contributed by atoms with Gasteiger partial charge in [-0.05, 0) is 30.3 Å². The quantitative estimate of drug-likeness (QED) is 0.399. The highest BCUT2D eigenvalue weighted by molar-refractivity contribution is 7.92. The number of fused-ring (bicyclic) bond motifs is 1. The van der Waals surface area contributed by atoms with Crippen molar-refractivity contribution in [3.63, 3.8) is 0 Å². The third-order valence-electron chi connectivity index (χ3n) is 4.92. The van der Waals surface area contributed by atoms with Crippen molar-refractivity contribution < 1.29 is 16.8 Å². The maximum Gasteiger partial charge on any atom is 0.238 e. The van der Waals surface area contributed by atoms with Crippen LogP contribution in [0.3, 0.4) is 0 Å². The van der Waals surface area contributed by atoms with E-state index in [0.29, 0.717) is 29.3 Å². The fraction of sp³-hybridized carbons (Fsp3) is 0.150. The summed E-state index contributed by atoms with van der Waals surface area (Å²) in [7, 11) is -5.87. The number of benzene rings is 1. The zero-order valence-corrected chi connectivity index (χ0v) is 19.4. The van der Waals surface area contributed by atoms with Crippen molar-refractivity contribution in [2.24, 2.45) is 5.14 Å². The summed E-state index contributed by atoms with van der Waals surface area (Å²) in [4.78, 5) is 13.0. The Bertz CT molecular complexity index is 1550. The number of rotatable bonds is 7. The van der Waals surface area contributed by atoms with Gasteiger partial charge in [0.05, 0.1) is 17.7 Å². The molecule has 13 heteroatoms. The van der Waals surface area contributed by atoms with Crippen LogP contribution in [0.2, 0.25) is 0 Å². The first-order valence-corrected chi connectivity index (χ1v) is 13.0. The Balaban J connectivity index is 1.67. The zero-order valence-electron chi connectivity index (χ0n) is 17.7. The molecule has 0 aliphatic heterocycles. The van der Waals surface area contributed by atoms with E-state index in [1.807, 2.05) is 16.8 Å². The van der Waals surface area contributed by atoms with Gasteiger partial charge in [-0.3, -0.25) is 4.31 Å². The van der Waals surface area contributed by atoms with Crippen molar-refractivity contribution in [1.29, 1.82) is 0 Å². The van der Waals surface area contributed by atoms with Gasteiger partial charge >= 0.3 is 0 Å². The molecule has 0 unspecified atom stereocenters. The Morgan fingerprint density at radius 2 is 1.88 bits per heavy atom. The molecular weight excluding hydrogens is 466 g/mol. The van der Waals surface area contributed by atoms with Crippen molar-refractivity contribution in [3.8, 4) is 0 Å². The first-order valence-electron chi connectivity index (χ1n) is 9.62. The first-order chi connectivity index (χ1) is 15.5. The van der Waals surface area contributed by atoms with Crippen LogP contribution in [0.25, 0.3) is 11.0 Å². The molecule has 0 spiro atoms. The molecule has 0 bridgehead atoms. The second-order valence-corrected chi connectivity index (χ2v) is 10.9. The predicted octanol–water partition coefficient (Wildman–Crippen LogP) is 1.66. The summed E-state index contributed by atoms with van der Waals surface area (Å²) in [6, 6.07) is 11.4. The third kappa shape index (κ3) is 4.94. The van der Waals surface area contributed by atoms with Gasteiger partial charge in [-0.1, -0.05) is 12.1 Å². The van der Waals surface area contributed by atoms with E-state index in [1.165, 1.54) is 25.4 Å². The highest BCUT2D eigenvalue weighted by Crippen LogP contribution is 2.23. The van der Waals surface area contributed by atoms with Crippen LogP contribution in [0.4, 0.5) is 17.5 Å². The second-order valence-electron chi connectivity index (χ2n) is 7.33. The molecule has 1 aromatic carbocycles. The molecular formula is C20H21N7O4S2. The topological polar surface area (TPSA) is 153 Å². The fourth-order valence-electron chi connectivity index (χ4n) is 3.22. The maximum atomic E-state index is 12.0. The number of aromatic nitrogens is 4. The van der Waals surface area contributed by atoms with Crippen molar-refractivity contribution in [1.82, 2.24) is 19.5 Å². The summed E-state index contributed by atoms with van der Waals surface area (Å²) in [5.41, 5.74) is 1.76. The Labute approximate surface area is 191 Å². The smallest absolute Gasteiger partial charge is 0.238 e. The van der Waals surface area contributed by atoms with E-state index in [4.69, 9.17) is 5.14 Å². The van der Waals surface area contributed by atoms with Crippen molar-refractivity contribution in [2.45, 2.75) is 11.4 Å². The lowest BCUT2D eigenvalue weighted by Crippen LogP contribution is -2.27. The molecule has 0 aliphatic carbocycles. The van der Waals surface area contributed by atoms with Gasteiger partial charge in [-0.15, -0.1) is 0 Å². The molecule has 3 heterocycles. The van der Waals surface area contributed by atoms with Crippen molar-refractivity contribution in [3.05, 3.63) is 66.6 Å². The highest BCUT2D eigenvalue weighted by atomic mass is 32.2. The number of anilines is 3. The molecule has 4 aromatic rings. The minimum Gasteiger partial charge on any atom is -0.328 e. The Hall–Kier alpha value is -3.55. The van der Waals surface area contributed by atoms with Crippen LogP contribution in [-0.2, 0) is 26.6 Å². The lowest BCUT2D eigenvalue weighted by molar-refractivity contribution is 0.596. The number of hydrogen-bond donors (Lipinski definition) is 2. The lowest BCUT2D eigenvalue weighted by Gasteiger charge is -2.19. The number of hydrogen-bond acceptors (Lipinski definition) is 8. The van der Waals surface area contributed by atoms with Crippen LogP contribution in [0.1, 0.15) is 5.56 Å². The molecule has 172 valence electrons. The summed E-state index contributed by atoms with van der Waals surface area (Å²) in [6.45, 7) is 0.323. The standard InChI is InChI=1S/C20H21N7O4S2/c1-26(32(2,28)29)18-15(5-4-9-22-18)13-27-10-8-14-12-23-20(25-19(14)27)24-16-6-3-7-17(11-16)33(21,30)31/h3-12H,13H2,1-2H3,(H2,21,30,31)(H,23,24,25). The van der Waals surface area contributed by atoms with Gasteiger partial charge in [-0.25, -0.2) is 31.9 Å². The van der Waals surface area contributed by atoms with E-state index in [1.54, 1.807) is 30.5 Å².